The van der Waals surface area contributed by atoms with Gasteiger partial charge in [-0.1, -0.05) is 56.3 Å². The Hall–Kier alpha value is -3.15. The third-order valence-electron chi connectivity index (χ3n) is 5.34. The van der Waals surface area contributed by atoms with Crippen molar-refractivity contribution in [1.29, 1.82) is 0 Å². The Morgan fingerprint density at radius 1 is 1.10 bits per heavy atom. The molecule has 6 heteroatoms. The average molecular weight is 408 g/mol. The highest BCUT2D eigenvalue weighted by Gasteiger charge is 2.24. The van der Waals surface area contributed by atoms with Crippen LogP contribution < -0.4 is 5.69 Å². The van der Waals surface area contributed by atoms with Gasteiger partial charge >= 0.3 is 11.7 Å². The molecule has 1 atom stereocenters. The number of aromatic carboxylic acids is 1. The van der Waals surface area contributed by atoms with Gasteiger partial charge in [0.2, 0.25) is 0 Å². The topological polar surface area (TPSA) is 77.1 Å². The number of hydrogen-bond acceptors (Lipinski definition) is 3. The standard InChI is InChI=1S/C24H29N3O3/c1-6-16(2)21-25-27(24(3,4)5)23(30)26(21)15-17-11-13-18(14-12-17)19-9-7-8-10-20(19)22(28)29/h7-14,16H,6,15H2,1-5H3,(H,28,29). The second kappa shape index (κ2) is 8.30. The first-order valence-corrected chi connectivity index (χ1v) is 10.2. The van der Waals surface area contributed by atoms with Crippen LogP contribution in [-0.2, 0) is 12.1 Å². The van der Waals surface area contributed by atoms with Crippen LogP contribution in [0.25, 0.3) is 11.1 Å². The van der Waals surface area contributed by atoms with Gasteiger partial charge < -0.3 is 5.11 Å². The fourth-order valence-electron chi connectivity index (χ4n) is 3.44. The largest absolute Gasteiger partial charge is 0.478 e. The van der Waals surface area contributed by atoms with Crippen LogP contribution in [0, 0.1) is 0 Å². The molecule has 0 aliphatic carbocycles. The molecule has 1 aromatic heterocycles. The van der Waals surface area contributed by atoms with E-state index in [9.17, 15) is 14.7 Å². The number of benzene rings is 2. The molecule has 3 aromatic rings. The van der Waals surface area contributed by atoms with Gasteiger partial charge in [-0.15, -0.1) is 0 Å². The van der Waals surface area contributed by atoms with Crippen LogP contribution in [0.1, 0.15) is 68.7 Å². The fraction of sp³-hybridized carbons (Fsp3) is 0.375. The van der Waals surface area contributed by atoms with E-state index < -0.39 is 11.5 Å². The summed E-state index contributed by atoms with van der Waals surface area (Å²) in [5.74, 6) is 0.00904. The van der Waals surface area contributed by atoms with Gasteiger partial charge in [0.25, 0.3) is 0 Å². The lowest BCUT2D eigenvalue weighted by atomic mass is 9.98. The molecular weight excluding hydrogens is 378 g/mol. The van der Waals surface area contributed by atoms with E-state index in [0.717, 1.165) is 23.4 Å². The Balaban J connectivity index is 1.98. The van der Waals surface area contributed by atoms with Crippen molar-refractivity contribution in [3.63, 3.8) is 0 Å². The van der Waals surface area contributed by atoms with E-state index in [-0.39, 0.29) is 17.2 Å². The summed E-state index contributed by atoms with van der Waals surface area (Å²) in [5, 5.41) is 14.1. The van der Waals surface area contributed by atoms with Crippen molar-refractivity contribution in [2.24, 2.45) is 0 Å². The van der Waals surface area contributed by atoms with Gasteiger partial charge in [0.15, 0.2) is 0 Å². The maximum absolute atomic E-state index is 13.1. The third kappa shape index (κ3) is 4.22. The van der Waals surface area contributed by atoms with Crippen LogP contribution >= 0.6 is 0 Å². The predicted molar refractivity (Wildman–Crippen MR) is 118 cm³/mol. The van der Waals surface area contributed by atoms with Gasteiger partial charge in [-0.05, 0) is 49.9 Å². The van der Waals surface area contributed by atoms with Crippen LogP contribution in [0.5, 0.6) is 0 Å². The monoisotopic (exact) mass is 407 g/mol. The zero-order valence-electron chi connectivity index (χ0n) is 18.2. The molecule has 0 saturated carbocycles. The zero-order valence-corrected chi connectivity index (χ0v) is 18.2. The number of nitrogens with zero attached hydrogens (tertiary/aromatic N) is 3. The van der Waals surface area contributed by atoms with E-state index in [1.807, 2.05) is 51.1 Å². The average Bonchev–Trinajstić information content (AvgIpc) is 3.04. The Morgan fingerprint density at radius 2 is 1.73 bits per heavy atom. The van der Waals surface area contributed by atoms with Gasteiger partial charge in [0.05, 0.1) is 17.6 Å². The van der Waals surface area contributed by atoms with Crippen LogP contribution in [0.15, 0.2) is 53.3 Å². The molecule has 0 fully saturated rings. The molecule has 2 aromatic carbocycles. The second-order valence-electron chi connectivity index (χ2n) is 8.67. The first-order chi connectivity index (χ1) is 14.1. The van der Waals surface area contributed by atoms with Crippen molar-refractivity contribution in [2.75, 3.05) is 0 Å². The summed E-state index contributed by atoms with van der Waals surface area (Å²) in [5.41, 5.74) is 2.23. The Kier molecular flexibility index (Phi) is 5.97. The Labute approximate surface area is 176 Å². The summed E-state index contributed by atoms with van der Waals surface area (Å²) >= 11 is 0. The summed E-state index contributed by atoms with van der Waals surface area (Å²) in [6, 6.07) is 14.6. The molecule has 6 nitrogen and oxygen atoms in total. The predicted octanol–water partition coefficient (Wildman–Crippen LogP) is 4.73. The van der Waals surface area contributed by atoms with Crippen molar-refractivity contribution >= 4 is 5.97 Å². The number of carbonyl (C=O) groups is 1. The minimum atomic E-state index is -0.950. The molecule has 0 saturated heterocycles. The summed E-state index contributed by atoms with van der Waals surface area (Å²) in [6.07, 6.45) is 0.894. The summed E-state index contributed by atoms with van der Waals surface area (Å²) in [7, 11) is 0. The van der Waals surface area contributed by atoms with E-state index in [1.165, 1.54) is 0 Å². The highest BCUT2D eigenvalue weighted by molar-refractivity contribution is 5.95. The second-order valence-corrected chi connectivity index (χ2v) is 8.67. The highest BCUT2D eigenvalue weighted by atomic mass is 16.4. The van der Waals surface area contributed by atoms with E-state index in [0.29, 0.717) is 12.1 Å². The van der Waals surface area contributed by atoms with E-state index in [4.69, 9.17) is 0 Å². The lowest BCUT2D eigenvalue weighted by Crippen LogP contribution is -2.36. The molecule has 0 bridgehead atoms. The molecule has 0 amide bonds. The highest BCUT2D eigenvalue weighted by Crippen LogP contribution is 2.25. The van der Waals surface area contributed by atoms with Crippen LogP contribution in [-0.4, -0.2) is 25.4 Å². The molecule has 1 heterocycles. The maximum Gasteiger partial charge on any atom is 0.346 e. The smallest absolute Gasteiger partial charge is 0.346 e. The van der Waals surface area contributed by atoms with E-state index in [1.54, 1.807) is 27.4 Å². The van der Waals surface area contributed by atoms with Gasteiger partial charge in [0.1, 0.15) is 5.82 Å². The molecule has 1 unspecified atom stereocenters. The van der Waals surface area contributed by atoms with Crippen LogP contribution in [0.3, 0.4) is 0 Å². The van der Waals surface area contributed by atoms with E-state index >= 15 is 0 Å². The van der Waals surface area contributed by atoms with Gasteiger partial charge in [-0.25, -0.2) is 14.3 Å². The van der Waals surface area contributed by atoms with Crippen molar-refractivity contribution < 1.29 is 9.90 Å². The van der Waals surface area contributed by atoms with Crippen molar-refractivity contribution in [3.8, 4) is 11.1 Å². The molecule has 0 spiro atoms. The third-order valence-corrected chi connectivity index (χ3v) is 5.34. The Bertz CT molecular complexity index is 1100. The summed E-state index contributed by atoms with van der Waals surface area (Å²) in [4.78, 5) is 24.6. The summed E-state index contributed by atoms with van der Waals surface area (Å²) in [6.45, 7) is 10.5. The minimum Gasteiger partial charge on any atom is -0.478 e. The normalized spacial score (nSPS) is 12.7. The lowest BCUT2D eigenvalue weighted by molar-refractivity contribution is 0.0697. The number of carboxylic acids is 1. The van der Waals surface area contributed by atoms with Gasteiger partial charge in [-0.3, -0.25) is 4.57 Å². The number of aromatic nitrogens is 3. The fourth-order valence-corrected chi connectivity index (χ4v) is 3.44. The van der Waals surface area contributed by atoms with Gasteiger partial charge in [-0.2, -0.15) is 5.10 Å². The van der Waals surface area contributed by atoms with E-state index in [2.05, 4.69) is 18.9 Å². The molecule has 0 aliphatic rings. The number of carboxylic acid groups (broad SMARTS) is 1. The van der Waals surface area contributed by atoms with Crippen molar-refractivity contribution in [1.82, 2.24) is 14.3 Å². The molecule has 158 valence electrons. The van der Waals surface area contributed by atoms with Gasteiger partial charge in [0, 0.05) is 5.92 Å². The molecule has 1 N–H and O–H groups in total. The molecule has 30 heavy (non-hydrogen) atoms. The number of hydrogen-bond donors (Lipinski definition) is 1. The quantitative estimate of drug-likeness (QED) is 0.641. The summed E-state index contributed by atoms with van der Waals surface area (Å²) < 4.78 is 3.31. The Morgan fingerprint density at radius 3 is 2.30 bits per heavy atom. The molecular formula is C24H29N3O3. The SMILES string of the molecule is CCC(C)c1nn(C(C)(C)C)c(=O)n1Cc1ccc(-c2ccccc2C(=O)O)cc1. The van der Waals surface area contributed by atoms with Crippen molar-refractivity contribution in [3.05, 3.63) is 76.0 Å². The minimum absolute atomic E-state index is 0.113. The van der Waals surface area contributed by atoms with Crippen LogP contribution in [0.4, 0.5) is 0 Å². The molecule has 0 radical (unpaired) electrons. The van der Waals surface area contributed by atoms with Crippen molar-refractivity contribution in [2.45, 2.75) is 59.0 Å². The molecule has 3 rings (SSSR count). The lowest BCUT2D eigenvalue weighted by Gasteiger charge is -2.17. The van der Waals surface area contributed by atoms with Crippen LogP contribution in [0.2, 0.25) is 0 Å². The number of rotatable bonds is 6. The first kappa shape index (κ1) is 21.6. The maximum atomic E-state index is 13.1. The zero-order chi connectivity index (χ0) is 22.1. The molecule has 0 aliphatic heterocycles. The first-order valence-electron chi connectivity index (χ1n) is 10.2.